The molecule has 0 spiro atoms. The maximum Gasteiger partial charge on any atom is 0.0705 e. The summed E-state index contributed by atoms with van der Waals surface area (Å²) in [6.45, 7) is 4.39. The van der Waals surface area contributed by atoms with Crippen molar-refractivity contribution >= 4 is 10.9 Å². The summed E-state index contributed by atoms with van der Waals surface area (Å²) in [5.41, 5.74) is 5.18. The molecule has 17 heavy (non-hydrogen) atoms. The second kappa shape index (κ2) is 5.25. The van der Waals surface area contributed by atoms with Crippen molar-refractivity contribution in [3.05, 3.63) is 42.1 Å². The van der Waals surface area contributed by atoms with E-state index in [9.17, 15) is 0 Å². The number of fused-ring (bicyclic) bond motifs is 1. The molecule has 1 aromatic carbocycles. The number of hydrogen-bond acceptors (Lipinski definition) is 3. The molecule has 2 atom stereocenters. The highest BCUT2D eigenvalue weighted by molar-refractivity contribution is 5.82. The van der Waals surface area contributed by atoms with Crippen LogP contribution in [0.3, 0.4) is 0 Å². The van der Waals surface area contributed by atoms with Gasteiger partial charge in [-0.05, 0) is 23.6 Å². The third-order valence-electron chi connectivity index (χ3n) is 3.41. The number of nitrogens with zero attached hydrogens (tertiary/aromatic N) is 1. The quantitative estimate of drug-likeness (QED) is 0.626. The molecular formula is C14H19N3. The monoisotopic (exact) mass is 229 g/mol. The molecule has 0 bridgehead atoms. The van der Waals surface area contributed by atoms with Crippen LogP contribution in [0.25, 0.3) is 10.9 Å². The molecule has 0 aliphatic rings. The fraction of sp³-hybridized carbons (Fsp3) is 0.357. The minimum Gasteiger partial charge on any atom is -0.271 e. The average Bonchev–Trinajstić information content (AvgIpc) is 2.39. The molecule has 3 nitrogen and oxygen atoms in total. The lowest BCUT2D eigenvalue weighted by molar-refractivity contribution is 0.385. The molecule has 2 unspecified atom stereocenters. The maximum absolute atomic E-state index is 5.70. The maximum atomic E-state index is 5.70. The van der Waals surface area contributed by atoms with Crippen LogP contribution in [0.1, 0.15) is 31.9 Å². The zero-order valence-electron chi connectivity index (χ0n) is 10.4. The van der Waals surface area contributed by atoms with Crippen LogP contribution >= 0.6 is 0 Å². The van der Waals surface area contributed by atoms with E-state index in [1.807, 2.05) is 24.4 Å². The average molecular weight is 229 g/mol. The standard InChI is InChI=1S/C14H19N3/c1-3-10(2)14(17-15)12-8-9-16-13-7-5-4-6-11(12)13/h4-10,14,17H,3,15H2,1-2H3. The first kappa shape index (κ1) is 12.0. The highest BCUT2D eigenvalue weighted by atomic mass is 15.2. The fourth-order valence-corrected chi connectivity index (χ4v) is 2.19. The number of para-hydroxylation sites is 1. The lowest BCUT2D eigenvalue weighted by atomic mass is 9.91. The number of pyridine rings is 1. The van der Waals surface area contributed by atoms with E-state index in [0.717, 1.165) is 11.9 Å². The van der Waals surface area contributed by atoms with Crippen LogP contribution in [0.2, 0.25) is 0 Å². The third-order valence-corrected chi connectivity index (χ3v) is 3.41. The molecule has 1 aromatic heterocycles. The fourth-order valence-electron chi connectivity index (χ4n) is 2.19. The van der Waals surface area contributed by atoms with Gasteiger partial charge in [0.15, 0.2) is 0 Å². The minimum absolute atomic E-state index is 0.174. The highest BCUT2D eigenvalue weighted by Gasteiger charge is 2.18. The van der Waals surface area contributed by atoms with Gasteiger partial charge in [0.25, 0.3) is 0 Å². The van der Waals surface area contributed by atoms with Crippen LogP contribution in [-0.4, -0.2) is 4.98 Å². The summed E-state index contributed by atoms with van der Waals surface area (Å²) >= 11 is 0. The summed E-state index contributed by atoms with van der Waals surface area (Å²) in [5, 5.41) is 1.18. The molecular weight excluding hydrogens is 210 g/mol. The van der Waals surface area contributed by atoms with Crippen molar-refractivity contribution in [1.29, 1.82) is 0 Å². The van der Waals surface area contributed by atoms with Crippen LogP contribution in [-0.2, 0) is 0 Å². The Labute approximate surface area is 102 Å². The number of benzene rings is 1. The van der Waals surface area contributed by atoms with Gasteiger partial charge < -0.3 is 0 Å². The largest absolute Gasteiger partial charge is 0.271 e. The summed E-state index contributed by atoms with van der Waals surface area (Å²) in [4.78, 5) is 4.38. The first-order valence-electron chi connectivity index (χ1n) is 6.07. The van der Waals surface area contributed by atoms with E-state index in [0.29, 0.717) is 5.92 Å². The first-order chi connectivity index (χ1) is 8.27. The van der Waals surface area contributed by atoms with Gasteiger partial charge in [0.05, 0.1) is 5.52 Å². The van der Waals surface area contributed by atoms with E-state index in [4.69, 9.17) is 5.84 Å². The number of rotatable bonds is 4. The topological polar surface area (TPSA) is 50.9 Å². The number of nitrogens with two attached hydrogens (primary N) is 1. The highest BCUT2D eigenvalue weighted by Crippen LogP contribution is 2.28. The Balaban J connectivity index is 2.53. The molecule has 2 rings (SSSR count). The zero-order chi connectivity index (χ0) is 12.3. The van der Waals surface area contributed by atoms with Gasteiger partial charge in [-0.15, -0.1) is 0 Å². The lowest BCUT2D eigenvalue weighted by Gasteiger charge is -2.23. The summed E-state index contributed by atoms with van der Waals surface area (Å²) in [6, 6.07) is 10.4. The Kier molecular flexibility index (Phi) is 3.71. The van der Waals surface area contributed by atoms with Gasteiger partial charge in [-0.1, -0.05) is 38.5 Å². The van der Waals surface area contributed by atoms with Gasteiger partial charge in [-0.25, -0.2) is 0 Å². The second-order valence-electron chi connectivity index (χ2n) is 4.45. The van der Waals surface area contributed by atoms with Crippen molar-refractivity contribution in [3.63, 3.8) is 0 Å². The van der Waals surface area contributed by atoms with Gasteiger partial charge >= 0.3 is 0 Å². The Bertz CT molecular complexity index is 490. The Morgan fingerprint density at radius 3 is 2.76 bits per heavy atom. The van der Waals surface area contributed by atoms with Crippen LogP contribution < -0.4 is 11.3 Å². The number of hydrogen-bond donors (Lipinski definition) is 2. The zero-order valence-corrected chi connectivity index (χ0v) is 10.4. The smallest absolute Gasteiger partial charge is 0.0705 e. The van der Waals surface area contributed by atoms with E-state index < -0.39 is 0 Å². The lowest BCUT2D eigenvalue weighted by Crippen LogP contribution is -2.32. The van der Waals surface area contributed by atoms with Crippen LogP contribution in [0.5, 0.6) is 0 Å². The molecule has 0 saturated carbocycles. The Hall–Kier alpha value is -1.45. The number of aromatic nitrogens is 1. The van der Waals surface area contributed by atoms with Crippen LogP contribution in [0, 0.1) is 5.92 Å². The van der Waals surface area contributed by atoms with Crippen LogP contribution in [0.15, 0.2) is 36.5 Å². The van der Waals surface area contributed by atoms with Crippen molar-refractivity contribution in [2.45, 2.75) is 26.3 Å². The molecule has 3 N–H and O–H groups in total. The summed E-state index contributed by atoms with van der Waals surface area (Å²) < 4.78 is 0. The predicted octanol–water partition coefficient (Wildman–Crippen LogP) is 2.79. The summed E-state index contributed by atoms with van der Waals surface area (Å²) in [5.74, 6) is 6.19. The van der Waals surface area contributed by atoms with Crippen molar-refractivity contribution in [2.75, 3.05) is 0 Å². The van der Waals surface area contributed by atoms with E-state index in [-0.39, 0.29) is 6.04 Å². The van der Waals surface area contributed by atoms with E-state index in [1.54, 1.807) is 0 Å². The molecule has 0 radical (unpaired) electrons. The van der Waals surface area contributed by atoms with Crippen molar-refractivity contribution in [1.82, 2.24) is 10.4 Å². The minimum atomic E-state index is 0.174. The third kappa shape index (κ3) is 2.30. The van der Waals surface area contributed by atoms with Gasteiger partial charge in [0, 0.05) is 17.6 Å². The summed E-state index contributed by atoms with van der Waals surface area (Å²) in [7, 11) is 0. The summed E-state index contributed by atoms with van der Waals surface area (Å²) in [6.07, 6.45) is 2.94. The number of nitrogens with one attached hydrogen (secondary N) is 1. The first-order valence-corrected chi connectivity index (χ1v) is 6.07. The van der Waals surface area contributed by atoms with E-state index >= 15 is 0 Å². The van der Waals surface area contributed by atoms with Gasteiger partial charge in [-0.2, -0.15) is 0 Å². The molecule has 0 fully saturated rings. The Morgan fingerprint density at radius 2 is 2.06 bits per heavy atom. The van der Waals surface area contributed by atoms with Crippen molar-refractivity contribution < 1.29 is 0 Å². The van der Waals surface area contributed by atoms with E-state index in [1.165, 1.54) is 10.9 Å². The number of hydrazine groups is 1. The van der Waals surface area contributed by atoms with Crippen LogP contribution in [0.4, 0.5) is 0 Å². The SMILES string of the molecule is CCC(C)C(NN)c1ccnc2ccccc12. The van der Waals surface area contributed by atoms with Gasteiger partial charge in [0.2, 0.25) is 0 Å². The van der Waals surface area contributed by atoms with Crippen molar-refractivity contribution in [2.24, 2.45) is 11.8 Å². The molecule has 2 aromatic rings. The molecule has 1 heterocycles. The van der Waals surface area contributed by atoms with E-state index in [2.05, 4.69) is 36.4 Å². The van der Waals surface area contributed by atoms with Crippen molar-refractivity contribution in [3.8, 4) is 0 Å². The molecule has 3 heteroatoms. The normalized spacial score (nSPS) is 14.8. The molecule has 90 valence electrons. The van der Waals surface area contributed by atoms with Gasteiger partial charge in [-0.3, -0.25) is 16.3 Å². The molecule has 0 aliphatic heterocycles. The Morgan fingerprint density at radius 1 is 1.29 bits per heavy atom. The second-order valence-corrected chi connectivity index (χ2v) is 4.45. The molecule has 0 saturated heterocycles. The molecule has 0 amide bonds. The predicted molar refractivity (Wildman–Crippen MR) is 71.3 cm³/mol. The molecule has 0 aliphatic carbocycles. The van der Waals surface area contributed by atoms with Gasteiger partial charge in [0.1, 0.15) is 0 Å².